The van der Waals surface area contributed by atoms with Gasteiger partial charge in [0.1, 0.15) is 0 Å². The molecular weight excluding hydrogens is 242 g/mol. The first-order chi connectivity index (χ1) is 8.90. The van der Waals surface area contributed by atoms with Gasteiger partial charge in [0.15, 0.2) is 0 Å². The first-order valence-corrected chi connectivity index (χ1v) is 7.77. The van der Waals surface area contributed by atoms with Gasteiger partial charge in [0.05, 0.1) is 0 Å². The van der Waals surface area contributed by atoms with Crippen LogP contribution in [0.3, 0.4) is 0 Å². The van der Waals surface area contributed by atoms with E-state index in [1.807, 2.05) is 0 Å². The molecule has 1 aromatic rings. The van der Waals surface area contributed by atoms with Crippen molar-refractivity contribution >= 4 is 11.6 Å². The molecule has 2 heteroatoms. The van der Waals surface area contributed by atoms with Gasteiger partial charge in [-0.05, 0) is 24.8 Å². The fraction of sp³-hybridized carbons (Fsp3) is 0.625. The van der Waals surface area contributed by atoms with E-state index in [-0.39, 0.29) is 0 Å². The lowest BCUT2D eigenvalue weighted by atomic mass is 9.94. The number of hydrogen-bond donors (Lipinski definition) is 0. The number of rotatable bonds is 6. The summed E-state index contributed by atoms with van der Waals surface area (Å²) < 4.78 is 0. The molecule has 0 heterocycles. The minimum Gasteiger partial charge on any atom is -0.299 e. The molecule has 0 spiro atoms. The number of halogens is 1. The first kappa shape index (κ1) is 13.9. The highest BCUT2D eigenvalue weighted by atomic mass is 35.5. The summed E-state index contributed by atoms with van der Waals surface area (Å²) in [7, 11) is 0. The van der Waals surface area contributed by atoms with Crippen LogP contribution in [0.4, 0.5) is 0 Å². The second-order valence-corrected chi connectivity index (χ2v) is 5.63. The standard InChI is InChI=1S/C16H24ClN/c17-12-14-18(16-9-5-2-6-10-16)13-11-15-7-3-1-4-8-15/h1,3-4,7-8,16H,2,5-6,9-14H2. The summed E-state index contributed by atoms with van der Waals surface area (Å²) in [6.45, 7) is 2.19. The largest absolute Gasteiger partial charge is 0.299 e. The fourth-order valence-electron chi connectivity index (χ4n) is 2.95. The molecule has 0 unspecified atom stereocenters. The van der Waals surface area contributed by atoms with Crippen molar-refractivity contribution < 1.29 is 0 Å². The Kier molecular flexibility index (Phi) is 6.02. The summed E-state index contributed by atoms with van der Waals surface area (Å²) in [6, 6.07) is 11.6. The van der Waals surface area contributed by atoms with Crippen molar-refractivity contribution in [2.24, 2.45) is 0 Å². The summed E-state index contributed by atoms with van der Waals surface area (Å²) in [4.78, 5) is 2.61. The zero-order chi connectivity index (χ0) is 12.6. The van der Waals surface area contributed by atoms with Crippen LogP contribution >= 0.6 is 11.6 Å². The van der Waals surface area contributed by atoms with Gasteiger partial charge in [-0.3, -0.25) is 4.90 Å². The predicted molar refractivity (Wildman–Crippen MR) is 79.3 cm³/mol. The molecule has 0 atom stereocenters. The molecule has 0 saturated heterocycles. The maximum absolute atomic E-state index is 5.96. The van der Waals surface area contributed by atoms with E-state index in [9.17, 15) is 0 Å². The molecule has 0 bridgehead atoms. The van der Waals surface area contributed by atoms with Gasteiger partial charge < -0.3 is 0 Å². The summed E-state index contributed by atoms with van der Waals surface area (Å²) in [5, 5.41) is 0. The topological polar surface area (TPSA) is 3.24 Å². The highest BCUT2D eigenvalue weighted by Crippen LogP contribution is 2.22. The minimum atomic E-state index is 0.755. The third-order valence-corrected chi connectivity index (χ3v) is 4.16. The van der Waals surface area contributed by atoms with E-state index >= 15 is 0 Å². The zero-order valence-corrected chi connectivity index (χ0v) is 11.9. The molecule has 1 aliphatic carbocycles. The maximum Gasteiger partial charge on any atom is 0.0351 e. The monoisotopic (exact) mass is 265 g/mol. The smallest absolute Gasteiger partial charge is 0.0351 e. The van der Waals surface area contributed by atoms with Crippen molar-refractivity contribution in [3.8, 4) is 0 Å². The highest BCUT2D eigenvalue weighted by Gasteiger charge is 2.20. The molecule has 18 heavy (non-hydrogen) atoms. The van der Waals surface area contributed by atoms with Crippen LogP contribution in [0.1, 0.15) is 37.7 Å². The van der Waals surface area contributed by atoms with Crippen LogP contribution in [-0.4, -0.2) is 29.9 Å². The van der Waals surface area contributed by atoms with Crippen LogP contribution in [0.15, 0.2) is 30.3 Å². The van der Waals surface area contributed by atoms with E-state index in [0.29, 0.717) is 0 Å². The molecule has 1 nitrogen and oxygen atoms in total. The van der Waals surface area contributed by atoms with Crippen LogP contribution in [0.2, 0.25) is 0 Å². The van der Waals surface area contributed by atoms with Gasteiger partial charge in [-0.15, -0.1) is 11.6 Å². The van der Waals surface area contributed by atoms with Crippen LogP contribution in [0.25, 0.3) is 0 Å². The van der Waals surface area contributed by atoms with Crippen molar-refractivity contribution in [3.63, 3.8) is 0 Å². The lowest BCUT2D eigenvalue weighted by molar-refractivity contribution is 0.166. The Bertz CT molecular complexity index is 319. The molecule has 0 aromatic heterocycles. The lowest BCUT2D eigenvalue weighted by Gasteiger charge is -2.34. The zero-order valence-electron chi connectivity index (χ0n) is 11.2. The van der Waals surface area contributed by atoms with Crippen molar-refractivity contribution in [2.45, 2.75) is 44.6 Å². The van der Waals surface area contributed by atoms with Crippen molar-refractivity contribution in [1.82, 2.24) is 4.90 Å². The summed E-state index contributed by atoms with van der Waals surface area (Å²) in [5.41, 5.74) is 1.44. The van der Waals surface area contributed by atoms with Crippen LogP contribution in [0.5, 0.6) is 0 Å². The number of nitrogens with zero attached hydrogens (tertiary/aromatic N) is 1. The second-order valence-electron chi connectivity index (χ2n) is 5.25. The van der Waals surface area contributed by atoms with Gasteiger partial charge in [-0.2, -0.15) is 0 Å². The van der Waals surface area contributed by atoms with Crippen molar-refractivity contribution in [1.29, 1.82) is 0 Å². The quantitative estimate of drug-likeness (QED) is 0.700. The number of hydrogen-bond acceptors (Lipinski definition) is 1. The molecular formula is C16H24ClN. The second kappa shape index (κ2) is 7.81. The Morgan fingerprint density at radius 2 is 1.72 bits per heavy atom. The third kappa shape index (κ3) is 4.29. The molecule has 1 fully saturated rings. The molecule has 100 valence electrons. The molecule has 1 saturated carbocycles. The average Bonchev–Trinajstić information content (AvgIpc) is 2.45. The van der Waals surface area contributed by atoms with Gasteiger partial charge in [0, 0.05) is 25.0 Å². The Hall–Kier alpha value is -0.530. The van der Waals surface area contributed by atoms with Crippen LogP contribution < -0.4 is 0 Å². The number of benzene rings is 1. The Labute approximate surface area is 116 Å². The molecule has 0 radical (unpaired) electrons. The van der Waals surface area contributed by atoms with Gasteiger partial charge in [-0.1, -0.05) is 49.6 Å². The van der Waals surface area contributed by atoms with Crippen LogP contribution in [0, 0.1) is 0 Å². The normalized spacial score (nSPS) is 17.2. The van der Waals surface area contributed by atoms with E-state index in [4.69, 9.17) is 11.6 Å². The summed E-state index contributed by atoms with van der Waals surface area (Å²) in [6.07, 6.45) is 8.10. The molecule has 0 N–H and O–H groups in total. The van der Waals surface area contributed by atoms with Crippen molar-refractivity contribution in [3.05, 3.63) is 35.9 Å². The molecule has 0 aliphatic heterocycles. The maximum atomic E-state index is 5.96. The Balaban J connectivity index is 1.85. The van der Waals surface area contributed by atoms with E-state index in [1.54, 1.807) is 0 Å². The minimum absolute atomic E-state index is 0.755. The third-order valence-electron chi connectivity index (χ3n) is 3.99. The Morgan fingerprint density at radius 1 is 1.00 bits per heavy atom. The SMILES string of the molecule is ClCCN(CCc1ccccc1)C1CCCCC1. The van der Waals surface area contributed by atoms with Gasteiger partial charge >= 0.3 is 0 Å². The predicted octanol–water partition coefficient (Wildman–Crippen LogP) is 4.10. The number of alkyl halides is 1. The Morgan fingerprint density at radius 3 is 2.39 bits per heavy atom. The molecule has 1 aromatic carbocycles. The van der Waals surface area contributed by atoms with Gasteiger partial charge in [-0.25, -0.2) is 0 Å². The van der Waals surface area contributed by atoms with Gasteiger partial charge in [0.25, 0.3) is 0 Å². The fourth-order valence-corrected chi connectivity index (χ4v) is 3.17. The van der Waals surface area contributed by atoms with Crippen molar-refractivity contribution in [2.75, 3.05) is 19.0 Å². The lowest BCUT2D eigenvalue weighted by Crippen LogP contribution is -2.39. The first-order valence-electron chi connectivity index (χ1n) is 7.24. The van der Waals surface area contributed by atoms with E-state index in [2.05, 4.69) is 35.2 Å². The molecule has 2 rings (SSSR count). The van der Waals surface area contributed by atoms with E-state index in [1.165, 1.54) is 37.7 Å². The van der Waals surface area contributed by atoms with E-state index in [0.717, 1.165) is 31.4 Å². The highest BCUT2D eigenvalue weighted by molar-refractivity contribution is 6.18. The molecule has 1 aliphatic rings. The summed E-state index contributed by atoms with van der Waals surface area (Å²) in [5.74, 6) is 0.755. The molecule has 0 amide bonds. The van der Waals surface area contributed by atoms with E-state index < -0.39 is 0 Å². The van der Waals surface area contributed by atoms with Gasteiger partial charge in [0.2, 0.25) is 0 Å². The summed E-state index contributed by atoms with van der Waals surface area (Å²) >= 11 is 5.96. The van der Waals surface area contributed by atoms with Crippen LogP contribution in [-0.2, 0) is 6.42 Å². The average molecular weight is 266 g/mol.